The van der Waals surface area contributed by atoms with Gasteiger partial charge in [0.1, 0.15) is 0 Å². The Morgan fingerprint density at radius 2 is 2.30 bits per heavy atom. The normalized spacial score (nSPS) is 29.8. The number of rotatable bonds is 3. The van der Waals surface area contributed by atoms with Crippen molar-refractivity contribution in [2.24, 2.45) is 5.92 Å². The van der Waals surface area contributed by atoms with Gasteiger partial charge in [0.15, 0.2) is 0 Å². The highest BCUT2D eigenvalue weighted by Crippen LogP contribution is 2.30. The van der Waals surface area contributed by atoms with E-state index in [1.807, 2.05) is 0 Å². The summed E-state index contributed by atoms with van der Waals surface area (Å²) in [6, 6.07) is 0. The smallest absolute Gasteiger partial charge is 0.227 e. The molecule has 1 amide bonds. The quantitative estimate of drug-likeness (QED) is 0.783. The minimum Gasteiger partial charge on any atom is -0.393 e. The van der Waals surface area contributed by atoms with Crippen molar-refractivity contribution in [1.29, 1.82) is 0 Å². The van der Waals surface area contributed by atoms with Gasteiger partial charge in [-0.1, -0.05) is 6.42 Å². The molecule has 1 heterocycles. The number of carbonyl (C=O) groups is 1. The molecular formula is C15H23N3O2. The highest BCUT2D eigenvalue weighted by atomic mass is 16.3. The van der Waals surface area contributed by atoms with Crippen molar-refractivity contribution in [3.63, 3.8) is 0 Å². The molecule has 110 valence electrons. The molecule has 5 heteroatoms. The van der Waals surface area contributed by atoms with E-state index in [1.165, 1.54) is 0 Å². The van der Waals surface area contributed by atoms with Gasteiger partial charge in [-0.2, -0.15) is 5.10 Å². The maximum Gasteiger partial charge on any atom is 0.227 e. The zero-order valence-corrected chi connectivity index (χ0v) is 11.8. The van der Waals surface area contributed by atoms with E-state index >= 15 is 0 Å². The van der Waals surface area contributed by atoms with Crippen LogP contribution >= 0.6 is 0 Å². The number of nitrogens with one attached hydrogen (secondary N) is 2. The first-order valence-electron chi connectivity index (χ1n) is 7.72. The monoisotopic (exact) mass is 277 g/mol. The van der Waals surface area contributed by atoms with Crippen molar-refractivity contribution < 1.29 is 9.90 Å². The molecule has 1 aromatic rings. The maximum absolute atomic E-state index is 12.4. The summed E-state index contributed by atoms with van der Waals surface area (Å²) >= 11 is 0. The Balaban J connectivity index is 1.55. The highest BCUT2D eigenvalue weighted by molar-refractivity contribution is 5.84. The lowest BCUT2D eigenvalue weighted by Gasteiger charge is -2.27. The first-order chi connectivity index (χ1) is 9.74. The number of aliphatic hydroxyl groups is 1. The number of hydrogen-bond acceptors (Lipinski definition) is 3. The molecule has 3 unspecified atom stereocenters. The number of aliphatic hydroxyl groups excluding tert-OH is 1. The number of H-pyrrole nitrogens is 1. The minimum absolute atomic E-state index is 0.0500. The fourth-order valence-electron chi connectivity index (χ4n) is 3.55. The molecule has 0 bridgehead atoms. The molecular weight excluding hydrogens is 254 g/mol. The van der Waals surface area contributed by atoms with Crippen LogP contribution in [0.4, 0.5) is 0 Å². The maximum atomic E-state index is 12.4. The van der Waals surface area contributed by atoms with Gasteiger partial charge >= 0.3 is 0 Å². The van der Waals surface area contributed by atoms with E-state index in [0.717, 1.165) is 56.2 Å². The zero-order chi connectivity index (χ0) is 13.9. The van der Waals surface area contributed by atoms with Crippen molar-refractivity contribution in [2.45, 2.75) is 57.0 Å². The number of aromatic amines is 1. The Hall–Kier alpha value is -1.36. The molecule has 1 saturated carbocycles. The molecule has 1 fully saturated rings. The predicted octanol–water partition coefficient (Wildman–Crippen LogP) is 1.50. The zero-order valence-electron chi connectivity index (χ0n) is 11.8. The Morgan fingerprint density at radius 3 is 3.15 bits per heavy atom. The SMILES string of the molecule is O=C(NCC1CCCC(O)C1)C1CCCc2[nH]ncc21. The van der Waals surface area contributed by atoms with Gasteiger partial charge in [-0.15, -0.1) is 0 Å². The average molecular weight is 277 g/mol. The van der Waals surface area contributed by atoms with Crippen LogP contribution in [-0.2, 0) is 11.2 Å². The number of amides is 1. The average Bonchev–Trinajstić information content (AvgIpc) is 2.93. The minimum atomic E-state index is -0.180. The van der Waals surface area contributed by atoms with E-state index in [1.54, 1.807) is 6.20 Å². The molecule has 2 aliphatic carbocycles. The Labute approximate surface area is 119 Å². The number of nitrogens with zero attached hydrogens (tertiary/aromatic N) is 1. The molecule has 3 N–H and O–H groups in total. The van der Waals surface area contributed by atoms with Gasteiger partial charge in [0.25, 0.3) is 0 Å². The summed E-state index contributed by atoms with van der Waals surface area (Å²) in [5, 5.41) is 19.8. The van der Waals surface area contributed by atoms with Gasteiger partial charge in [-0.3, -0.25) is 9.89 Å². The second kappa shape index (κ2) is 5.95. The summed E-state index contributed by atoms with van der Waals surface area (Å²) in [4.78, 5) is 12.4. The fraction of sp³-hybridized carbons (Fsp3) is 0.733. The first-order valence-corrected chi connectivity index (χ1v) is 7.72. The standard InChI is InChI=1S/C15H23N3O2/c19-11-4-1-3-10(7-11)8-16-15(20)12-5-2-6-14-13(12)9-17-18-14/h9-12,19H,1-8H2,(H,16,20)(H,17,18). The van der Waals surface area contributed by atoms with Crippen LogP contribution in [0.3, 0.4) is 0 Å². The first kappa shape index (κ1) is 13.6. The van der Waals surface area contributed by atoms with Crippen LogP contribution in [0.15, 0.2) is 6.20 Å². The van der Waals surface area contributed by atoms with Gasteiger partial charge in [-0.25, -0.2) is 0 Å². The Bertz CT molecular complexity index is 471. The predicted molar refractivity (Wildman–Crippen MR) is 75.2 cm³/mol. The third-order valence-corrected chi connectivity index (χ3v) is 4.68. The van der Waals surface area contributed by atoms with E-state index in [-0.39, 0.29) is 17.9 Å². The molecule has 0 radical (unpaired) electrons. The van der Waals surface area contributed by atoms with Gasteiger partial charge in [0.2, 0.25) is 5.91 Å². The summed E-state index contributed by atoms with van der Waals surface area (Å²) < 4.78 is 0. The third kappa shape index (κ3) is 2.87. The summed E-state index contributed by atoms with van der Waals surface area (Å²) in [6.45, 7) is 0.694. The molecule has 0 spiro atoms. The van der Waals surface area contributed by atoms with E-state index in [2.05, 4.69) is 15.5 Å². The molecule has 2 aliphatic rings. The summed E-state index contributed by atoms with van der Waals surface area (Å²) in [7, 11) is 0. The molecule has 3 rings (SSSR count). The van der Waals surface area contributed by atoms with Crippen LogP contribution in [-0.4, -0.2) is 33.9 Å². The van der Waals surface area contributed by atoms with E-state index in [9.17, 15) is 9.90 Å². The molecule has 0 aromatic carbocycles. The number of carbonyl (C=O) groups excluding carboxylic acids is 1. The van der Waals surface area contributed by atoms with Gasteiger partial charge in [0.05, 0.1) is 18.2 Å². The molecule has 0 aliphatic heterocycles. The Kier molecular flexibility index (Phi) is 4.05. The second-order valence-corrected chi connectivity index (χ2v) is 6.18. The lowest BCUT2D eigenvalue weighted by atomic mass is 9.85. The van der Waals surface area contributed by atoms with Crippen LogP contribution in [0.5, 0.6) is 0 Å². The molecule has 3 atom stereocenters. The summed E-state index contributed by atoms with van der Waals surface area (Å²) in [5.41, 5.74) is 2.18. The Morgan fingerprint density at radius 1 is 1.40 bits per heavy atom. The van der Waals surface area contributed by atoms with Crippen molar-refractivity contribution in [3.8, 4) is 0 Å². The van der Waals surface area contributed by atoms with Gasteiger partial charge in [0, 0.05) is 17.8 Å². The van der Waals surface area contributed by atoms with Crippen LogP contribution < -0.4 is 5.32 Å². The number of hydrogen-bond donors (Lipinski definition) is 3. The largest absolute Gasteiger partial charge is 0.393 e. The van der Waals surface area contributed by atoms with Crippen molar-refractivity contribution >= 4 is 5.91 Å². The van der Waals surface area contributed by atoms with Crippen molar-refractivity contribution in [3.05, 3.63) is 17.5 Å². The fourth-order valence-corrected chi connectivity index (χ4v) is 3.55. The third-order valence-electron chi connectivity index (χ3n) is 4.68. The number of fused-ring (bicyclic) bond motifs is 1. The van der Waals surface area contributed by atoms with E-state index in [0.29, 0.717) is 12.5 Å². The summed E-state index contributed by atoms with van der Waals surface area (Å²) in [5.74, 6) is 0.494. The number of aryl methyl sites for hydroxylation is 1. The molecule has 20 heavy (non-hydrogen) atoms. The molecule has 0 saturated heterocycles. The number of aromatic nitrogens is 2. The van der Waals surface area contributed by atoms with Gasteiger partial charge < -0.3 is 10.4 Å². The van der Waals surface area contributed by atoms with Gasteiger partial charge in [-0.05, 0) is 44.4 Å². The van der Waals surface area contributed by atoms with Crippen molar-refractivity contribution in [2.75, 3.05) is 6.54 Å². The molecule has 1 aromatic heterocycles. The lowest BCUT2D eigenvalue weighted by molar-refractivity contribution is -0.123. The van der Waals surface area contributed by atoms with Crippen molar-refractivity contribution in [1.82, 2.24) is 15.5 Å². The lowest BCUT2D eigenvalue weighted by Crippen LogP contribution is -2.36. The highest BCUT2D eigenvalue weighted by Gasteiger charge is 2.28. The van der Waals surface area contributed by atoms with E-state index < -0.39 is 0 Å². The van der Waals surface area contributed by atoms with E-state index in [4.69, 9.17) is 0 Å². The summed E-state index contributed by atoms with van der Waals surface area (Å²) in [6.07, 6.45) is 8.46. The van der Waals surface area contributed by atoms with Crippen LogP contribution in [0, 0.1) is 5.92 Å². The van der Waals surface area contributed by atoms with Crippen LogP contribution in [0.1, 0.15) is 55.7 Å². The topological polar surface area (TPSA) is 78.0 Å². The molecule has 5 nitrogen and oxygen atoms in total. The second-order valence-electron chi connectivity index (χ2n) is 6.18. The van der Waals surface area contributed by atoms with Crippen LogP contribution in [0.25, 0.3) is 0 Å². The van der Waals surface area contributed by atoms with Crippen LogP contribution in [0.2, 0.25) is 0 Å².